The minimum Gasteiger partial charge on any atom is -0.477 e. The van der Waals surface area contributed by atoms with E-state index in [4.69, 9.17) is 5.11 Å². The standard InChI is InChI=1S/C18H21N3O2/c1-14-5-2-3-6-15(14)13-20-9-11-21(12-10-20)17-8-4-7-16(19-17)18(22)23/h2-8H,9-13H2,1H3,(H,22,23). The van der Waals surface area contributed by atoms with Crippen molar-refractivity contribution in [2.24, 2.45) is 0 Å². The predicted octanol–water partition coefficient (Wildman–Crippen LogP) is 2.41. The van der Waals surface area contributed by atoms with Crippen LogP contribution in [-0.4, -0.2) is 47.1 Å². The monoisotopic (exact) mass is 311 g/mol. The molecule has 3 rings (SSSR count). The molecule has 1 aliphatic heterocycles. The van der Waals surface area contributed by atoms with Crippen molar-refractivity contribution in [3.8, 4) is 0 Å². The van der Waals surface area contributed by atoms with Gasteiger partial charge in [0, 0.05) is 32.7 Å². The molecule has 1 aromatic heterocycles. The van der Waals surface area contributed by atoms with Crippen molar-refractivity contribution in [2.75, 3.05) is 31.1 Å². The molecule has 0 saturated carbocycles. The van der Waals surface area contributed by atoms with E-state index >= 15 is 0 Å². The molecule has 1 aliphatic rings. The van der Waals surface area contributed by atoms with Gasteiger partial charge in [0.05, 0.1) is 0 Å². The molecule has 0 aliphatic carbocycles. The van der Waals surface area contributed by atoms with Gasteiger partial charge in [-0.1, -0.05) is 30.3 Å². The van der Waals surface area contributed by atoms with E-state index in [9.17, 15) is 4.79 Å². The van der Waals surface area contributed by atoms with Crippen molar-refractivity contribution in [2.45, 2.75) is 13.5 Å². The normalized spacial score (nSPS) is 15.6. The average Bonchev–Trinajstić information content (AvgIpc) is 2.58. The molecular formula is C18H21N3O2. The Kier molecular flexibility index (Phi) is 4.57. The van der Waals surface area contributed by atoms with Crippen LogP contribution in [0, 0.1) is 6.92 Å². The first kappa shape index (κ1) is 15.5. The first-order chi connectivity index (χ1) is 11.1. The topological polar surface area (TPSA) is 56.7 Å². The second-order valence-corrected chi connectivity index (χ2v) is 5.88. The zero-order valence-corrected chi connectivity index (χ0v) is 13.3. The average molecular weight is 311 g/mol. The number of anilines is 1. The van der Waals surface area contributed by atoms with Crippen LogP contribution in [0.5, 0.6) is 0 Å². The van der Waals surface area contributed by atoms with Crippen LogP contribution in [0.25, 0.3) is 0 Å². The fraction of sp³-hybridized carbons (Fsp3) is 0.333. The molecule has 2 heterocycles. The van der Waals surface area contributed by atoms with Crippen LogP contribution in [0.4, 0.5) is 5.82 Å². The smallest absolute Gasteiger partial charge is 0.354 e. The van der Waals surface area contributed by atoms with Gasteiger partial charge in [0.25, 0.3) is 0 Å². The molecule has 120 valence electrons. The maximum absolute atomic E-state index is 11.0. The quantitative estimate of drug-likeness (QED) is 0.939. The molecule has 0 radical (unpaired) electrons. The molecule has 1 aromatic carbocycles. The Morgan fingerprint density at radius 2 is 1.83 bits per heavy atom. The van der Waals surface area contributed by atoms with Crippen molar-refractivity contribution in [1.29, 1.82) is 0 Å². The molecule has 5 nitrogen and oxygen atoms in total. The Hall–Kier alpha value is -2.40. The summed E-state index contributed by atoms with van der Waals surface area (Å²) in [6.45, 7) is 6.74. The number of benzene rings is 1. The molecular weight excluding hydrogens is 290 g/mol. The number of aromatic nitrogens is 1. The molecule has 0 amide bonds. The van der Waals surface area contributed by atoms with Crippen LogP contribution in [-0.2, 0) is 6.54 Å². The van der Waals surface area contributed by atoms with Gasteiger partial charge < -0.3 is 10.0 Å². The van der Waals surface area contributed by atoms with E-state index in [0.29, 0.717) is 0 Å². The Morgan fingerprint density at radius 3 is 2.52 bits per heavy atom. The van der Waals surface area contributed by atoms with Crippen LogP contribution < -0.4 is 4.90 Å². The van der Waals surface area contributed by atoms with Crippen molar-refractivity contribution in [3.05, 3.63) is 59.3 Å². The summed E-state index contributed by atoms with van der Waals surface area (Å²) in [5, 5.41) is 9.05. The van der Waals surface area contributed by atoms with Gasteiger partial charge in [-0.2, -0.15) is 0 Å². The number of carbonyl (C=O) groups is 1. The lowest BCUT2D eigenvalue weighted by Crippen LogP contribution is -2.46. The molecule has 1 fully saturated rings. The van der Waals surface area contributed by atoms with Crippen LogP contribution in [0.1, 0.15) is 21.6 Å². The number of piperazine rings is 1. The highest BCUT2D eigenvalue weighted by molar-refractivity contribution is 5.85. The van der Waals surface area contributed by atoms with E-state index in [0.717, 1.165) is 38.5 Å². The SMILES string of the molecule is Cc1ccccc1CN1CCN(c2cccc(C(=O)O)n2)CC1. The number of aryl methyl sites for hydroxylation is 1. The molecule has 0 bridgehead atoms. The number of rotatable bonds is 4. The molecule has 1 saturated heterocycles. The number of carboxylic acid groups (broad SMARTS) is 1. The molecule has 2 aromatic rings. The van der Waals surface area contributed by atoms with Gasteiger partial charge in [-0.15, -0.1) is 0 Å². The third-order valence-corrected chi connectivity index (χ3v) is 4.31. The zero-order valence-electron chi connectivity index (χ0n) is 13.3. The highest BCUT2D eigenvalue weighted by Gasteiger charge is 2.19. The minimum atomic E-state index is -0.981. The summed E-state index contributed by atoms with van der Waals surface area (Å²) in [7, 11) is 0. The van der Waals surface area contributed by atoms with Gasteiger partial charge >= 0.3 is 5.97 Å². The summed E-state index contributed by atoms with van der Waals surface area (Å²) in [4.78, 5) is 19.8. The van der Waals surface area contributed by atoms with Crippen LogP contribution in [0.2, 0.25) is 0 Å². The first-order valence-corrected chi connectivity index (χ1v) is 7.85. The van der Waals surface area contributed by atoms with E-state index < -0.39 is 5.97 Å². The first-order valence-electron chi connectivity index (χ1n) is 7.85. The van der Waals surface area contributed by atoms with Crippen molar-refractivity contribution < 1.29 is 9.90 Å². The molecule has 1 N–H and O–H groups in total. The van der Waals surface area contributed by atoms with Gasteiger partial charge in [-0.25, -0.2) is 9.78 Å². The van der Waals surface area contributed by atoms with Crippen molar-refractivity contribution in [1.82, 2.24) is 9.88 Å². The summed E-state index contributed by atoms with van der Waals surface area (Å²) < 4.78 is 0. The lowest BCUT2D eigenvalue weighted by Gasteiger charge is -2.35. The van der Waals surface area contributed by atoms with Crippen LogP contribution in [0.3, 0.4) is 0 Å². The van der Waals surface area contributed by atoms with Gasteiger partial charge in [-0.05, 0) is 30.2 Å². The summed E-state index contributed by atoms with van der Waals surface area (Å²) >= 11 is 0. The fourth-order valence-corrected chi connectivity index (χ4v) is 2.88. The van der Waals surface area contributed by atoms with E-state index in [1.165, 1.54) is 17.2 Å². The van der Waals surface area contributed by atoms with Gasteiger partial charge in [0.15, 0.2) is 5.69 Å². The number of pyridine rings is 1. The van der Waals surface area contributed by atoms with Gasteiger partial charge in [-0.3, -0.25) is 4.90 Å². The molecule has 0 spiro atoms. The third kappa shape index (κ3) is 3.68. The second-order valence-electron chi connectivity index (χ2n) is 5.88. The van der Waals surface area contributed by atoms with Gasteiger partial charge in [0.2, 0.25) is 0 Å². The predicted molar refractivity (Wildman–Crippen MR) is 89.9 cm³/mol. The van der Waals surface area contributed by atoms with E-state index in [-0.39, 0.29) is 5.69 Å². The number of aromatic carboxylic acids is 1. The zero-order chi connectivity index (χ0) is 16.2. The number of hydrogen-bond donors (Lipinski definition) is 1. The number of hydrogen-bond acceptors (Lipinski definition) is 4. The van der Waals surface area contributed by atoms with Gasteiger partial charge in [0.1, 0.15) is 5.82 Å². The number of nitrogens with zero attached hydrogens (tertiary/aromatic N) is 3. The maximum atomic E-state index is 11.0. The second kappa shape index (κ2) is 6.79. The Balaban J connectivity index is 1.61. The van der Waals surface area contributed by atoms with Crippen molar-refractivity contribution >= 4 is 11.8 Å². The molecule has 23 heavy (non-hydrogen) atoms. The van der Waals surface area contributed by atoms with E-state index in [1.54, 1.807) is 6.07 Å². The Bertz CT molecular complexity index is 694. The lowest BCUT2D eigenvalue weighted by molar-refractivity contribution is 0.0690. The minimum absolute atomic E-state index is 0.102. The highest BCUT2D eigenvalue weighted by atomic mass is 16.4. The molecule has 5 heteroatoms. The number of carboxylic acids is 1. The Morgan fingerprint density at radius 1 is 1.09 bits per heavy atom. The molecule has 0 unspecified atom stereocenters. The molecule has 0 atom stereocenters. The third-order valence-electron chi connectivity index (χ3n) is 4.31. The summed E-state index contributed by atoms with van der Waals surface area (Å²) in [5.41, 5.74) is 2.79. The summed E-state index contributed by atoms with van der Waals surface area (Å²) in [5.74, 6) is -0.231. The maximum Gasteiger partial charge on any atom is 0.354 e. The van der Waals surface area contributed by atoms with Crippen molar-refractivity contribution in [3.63, 3.8) is 0 Å². The fourth-order valence-electron chi connectivity index (χ4n) is 2.88. The van der Waals surface area contributed by atoms with E-state index in [2.05, 4.69) is 46.0 Å². The Labute approximate surface area is 136 Å². The largest absolute Gasteiger partial charge is 0.477 e. The summed E-state index contributed by atoms with van der Waals surface area (Å²) in [6, 6.07) is 13.6. The lowest BCUT2D eigenvalue weighted by atomic mass is 10.1. The van der Waals surface area contributed by atoms with Crippen LogP contribution in [0.15, 0.2) is 42.5 Å². The van der Waals surface area contributed by atoms with Crippen LogP contribution >= 0.6 is 0 Å². The summed E-state index contributed by atoms with van der Waals surface area (Å²) in [6.07, 6.45) is 0. The van der Waals surface area contributed by atoms with E-state index in [1.807, 2.05) is 6.07 Å². The highest BCUT2D eigenvalue weighted by Crippen LogP contribution is 2.17.